The zero-order valence-electron chi connectivity index (χ0n) is 9.96. The number of carbonyl (C=O) groups is 1. The van der Waals surface area contributed by atoms with Gasteiger partial charge in [0.1, 0.15) is 0 Å². The molecule has 0 saturated carbocycles. The molecule has 0 saturated heterocycles. The molecule has 0 bridgehead atoms. The van der Waals surface area contributed by atoms with E-state index in [0.717, 1.165) is 12.0 Å². The maximum absolute atomic E-state index is 11.6. The second-order valence-electron chi connectivity index (χ2n) is 3.73. The summed E-state index contributed by atoms with van der Waals surface area (Å²) in [6.45, 7) is 4.18. The molecule has 0 unspecified atom stereocenters. The Labute approximate surface area is 117 Å². The van der Waals surface area contributed by atoms with Crippen molar-refractivity contribution in [2.24, 2.45) is 0 Å². The first-order valence-corrected chi connectivity index (χ1v) is 6.37. The third-order valence-corrected chi connectivity index (χ3v) is 2.99. The van der Waals surface area contributed by atoms with E-state index < -0.39 is 0 Å². The molecule has 96 valence electrons. The zero-order valence-corrected chi connectivity index (χ0v) is 11.5. The van der Waals surface area contributed by atoms with Crippen molar-refractivity contribution in [3.63, 3.8) is 0 Å². The molecule has 0 aliphatic heterocycles. The number of nitrogens with one attached hydrogen (secondary N) is 1. The minimum absolute atomic E-state index is 0.0274. The first-order valence-electron chi connectivity index (χ1n) is 5.61. The summed E-state index contributed by atoms with van der Waals surface area (Å²) in [4.78, 5) is 11.6. The molecule has 0 aliphatic rings. The molecule has 1 N–H and O–H groups in total. The van der Waals surface area contributed by atoms with Gasteiger partial charge in [-0.15, -0.1) is 0 Å². The fraction of sp³-hybridized carbons (Fsp3) is 0.214. The van der Waals surface area contributed by atoms with E-state index in [1.807, 2.05) is 12.2 Å². The van der Waals surface area contributed by atoms with Crippen LogP contribution >= 0.6 is 23.2 Å². The molecule has 0 aliphatic carbocycles. The number of hydrogen-bond acceptors (Lipinski definition) is 1. The van der Waals surface area contributed by atoms with Crippen LogP contribution in [-0.4, -0.2) is 12.5 Å². The van der Waals surface area contributed by atoms with Gasteiger partial charge in [-0.3, -0.25) is 4.79 Å². The van der Waals surface area contributed by atoms with Gasteiger partial charge in [-0.2, -0.15) is 0 Å². The Bertz CT molecular complexity index is 455. The summed E-state index contributed by atoms with van der Waals surface area (Å²) in [6.07, 6.45) is 6.61. The Balaban J connectivity index is 2.37. The van der Waals surface area contributed by atoms with Crippen LogP contribution in [0.4, 0.5) is 0 Å². The van der Waals surface area contributed by atoms with E-state index in [0.29, 0.717) is 23.0 Å². The topological polar surface area (TPSA) is 29.1 Å². The number of rotatable bonds is 6. The second-order valence-corrected chi connectivity index (χ2v) is 4.54. The van der Waals surface area contributed by atoms with Crippen LogP contribution in [0.25, 0.3) is 0 Å². The summed E-state index contributed by atoms with van der Waals surface area (Å²) in [5.41, 5.74) is 0.850. The van der Waals surface area contributed by atoms with Crippen LogP contribution in [0.2, 0.25) is 10.0 Å². The summed E-state index contributed by atoms with van der Waals surface area (Å²) in [5, 5.41) is 3.79. The van der Waals surface area contributed by atoms with Gasteiger partial charge < -0.3 is 5.32 Å². The van der Waals surface area contributed by atoms with Crippen molar-refractivity contribution in [1.29, 1.82) is 0 Å². The highest BCUT2D eigenvalue weighted by Crippen LogP contribution is 2.22. The first kappa shape index (κ1) is 14.8. The van der Waals surface area contributed by atoms with Crippen LogP contribution in [-0.2, 0) is 11.2 Å². The largest absolute Gasteiger partial charge is 0.356 e. The molecule has 1 amide bonds. The van der Waals surface area contributed by atoms with Crippen LogP contribution in [0.5, 0.6) is 0 Å². The lowest BCUT2D eigenvalue weighted by Crippen LogP contribution is -2.25. The highest BCUT2D eigenvalue weighted by Gasteiger charge is 2.04. The average molecular weight is 284 g/mol. The van der Waals surface area contributed by atoms with Crippen molar-refractivity contribution in [3.05, 3.63) is 58.6 Å². The van der Waals surface area contributed by atoms with E-state index in [1.54, 1.807) is 24.3 Å². The Hall–Kier alpha value is -1.25. The monoisotopic (exact) mass is 283 g/mol. The summed E-state index contributed by atoms with van der Waals surface area (Å²) in [6, 6.07) is 5.20. The number of amides is 1. The Morgan fingerprint density at radius 2 is 2.11 bits per heavy atom. The lowest BCUT2D eigenvalue weighted by atomic mass is 10.1. The molecule has 18 heavy (non-hydrogen) atoms. The van der Waals surface area contributed by atoms with Gasteiger partial charge in [0, 0.05) is 6.54 Å². The predicted octanol–water partition coefficient (Wildman–Crippen LogP) is 3.78. The molecule has 0 aromatic heterocycles. The molecular formula is C14H15Cl2NO. The van der Waals surface area contributed by atoms with E-state index in [-0.39, 0.29) is 5.91 Å². The summed E-state index contributed by atoms with van der Waals surface area (Å²) >= 11 is 11.7. The van der Waals surface area contributed by atoms with Crippen LogP contribution in [0, 0.1) is 0 Å². The molecular weight excluding hydrogens is 269 g/mol. The smallest absolute Gasteiger partial charge is 0.224 e. The number of hydrogen-bond donors (Lipinski definition) is 1. The van der Waals surface area contributed by atoms with Crippen molar-refractivity contribution < 1.29 is 4.79 Å². The normalized spacial score (nSPS) is 10.6. The standard InChI is InChI=1S/C14H15Cl2NO/c1-2-3-4-5-8-17-14(18)10-11-6-7-12(15)13(16)9-11/h2-4,6-7,9H,1,5,8,10H2,(H,17,18)/b4-3+. The third kappa shape index (κ3) is 5.39. The van der Waals surface area contributed by atoms with Crippen molar-refractivity contribution in [2.75, 3.05) is 6.54 Å². The molecule has 0 fully saturated rings. The fourth-order valence-electron chi connectivity index (χ4n) is 1.38. The summed E-state index contributed by atoms with van der Waals surface area (Å²) in [7, 11) is 0. The lowest BCUT2D eigenvalue weighted by Gasteiger charge is -2.04. The van der Waals surface area contributed by atoms with Crippen molar-refractivity contribution >= 4 is 29.1 Å². The Morgan fingerprint density at radius 1 is 1.33 bits per heavy atom. The van der Waals surface area contributed by atoms with Gasteiger partial charge in [0.2, 0.25) is 5.91 Å². The Morgan fingerprint density at radius 3 is 2.78 bits per heavy atom. The van der Waals surface area contributed by atoms with Gasteiger partial charge in [-0.1, -0.05) is 54.1 Å². The molecule has 0 radical (unpaired) electrons. The van der Waals surface area contributed by atoms with Gasteiger partial charge in [0.25, 0.3) is 0 Å². The average Bonchev–Trinajstić information content (AvgIpc) is 2.34. The maximum atomic E-state index is 11.6. The van der Waals surface area contributed by atoms with Crippen LogP contribution in [0.3, 0.4) is 0 Å². The minimum atomic E-state index is -0.0274. The molecule has 2 nitrogen and oxygen atoms in total. The molecule has 4 heteroatoms. The van der Waals surface area contributed by atoms with E-state index in [1.165, 1.54) is 0 Å². The van der Waals surface area contributed by atoms with Gasteiger partial charge in [-0.05, 0) is 24.1 Å². The quantitative estimate of drug-likeness (QED) is 0.625. The van der Waals surface area contributed by atoms with Gasteiger partial charge >= 0.3 is 0 Å². The van der Waals surface area contributed by atoms with Crippen LogP contribution < -0.4 is 5.32 Å². The van der Waals surface area contributed by atoms with E-state index in [9.17, 15) is 4.79 Å². The summed E-state index contributed by atoms with van der Waals surface area (Å²) < 4.78 is 0. The molecule has 0 heterocycles. The van der Waals surface area contributed by atoms with Crippen LogP contribution in [0.1, 0.15) is 12.0 Å². The zero-order chi connectivity index (χ0) is 13.4. The fourth-order valence-corrected chi connectivity index (χ4v) is 1.71. The number of halogens is 2. The summed E-state index contributed by atoms with van der Waals surface area (Å²) in [5.74, 6) is -0.0274. The number of allylic oxidation sites excluding steroid dienone is 2. The maximum Gasteiger partial charge on any atom is 0.224 e. The molecule has 1 aromatic rings. The first-order chi connectivity index (χ1) is 8.63. The molecule has 0 atom stereocenters. The third-order valence-electron chi connectivity index (χ3n) is 2.25. The van der Waals surface area contributed by atoms with E-state index in [4.69, 9.17) is 23.2 Å². The van der Waals surface area contributed by atoms with Gasteiger partial charge in [-0.25, -0.2) is 0 Å². The molecule has 1 rings (SSSR count). The minimum Gasteiger partial charge on any atom is -0.356 e. The van der Waals surface area contributed by atoms with Gasteiger partial charge in [0.05, 0.1) is 16.5 Å². The van der Waals surface area contributed by atoms with Crippen molar-refractivity contribution in [3.8, 4) is 0 Å². The van der Waals surface area contributed by atoms with Crippen molar-refractivity contribution in [1.82, 2.24) is 5.32 Å². The van der Waals surface area contributed by atoms with Crippen LogP contribution in [0.15, 0.2) is 43.0 Å². The van der Waals surface area contributed by atoms with E-state index in [2.05, 4.69) is 11.9 Å². The highest BCUT2D eigenvalue weighted by atomic mass is 35.5. The predicted molar refractivity (Wildman–Crippen MR) is 77.1 cm³/mol. The lowest BCUT2D eigenvalue weighted by molar-refractivity contribution is -0.120. The van der Waals surface area contributed by atoms with Gasteiger partial charge in [0.15, 0.2) is 0 Å². The number of carbonyl (C=O) groups excluding carboxylic acids is 1. The number of benzene rings is 1. The van der Waals surface area contributed by atoms with Crippen molar-refractivity contribution in [2.45, 2.75) is 12.8 Å². The van der Waals surface area contributed by atoms with E-state index >= 15 is 0 Å². The molecule has 1 aromatic carbocycles. The second kappa shape index (κ2) is 7.96. The Kier molecular flexibility index (Phi) is 6.55. The molecule has 0 spiro atoms. The highest BCUT2D eigenvalue weighted by molar-refractivity contribution is 6.42. The SMILES string of the molecule is C=C/C=C/CCNC(=O)Cc1ccc(Cl)c(Cl)c1.